The van der Waals surface area contributed by atoms with Crippen LogP contribution in [0.3, 0.4) is 0 Å². The van der Waals surface area contributed by atoms with Crippen LogP contribution in [0.15, 0.2) is 24.3 Å². The number of rotatable bonds is 14. The van der Waals surface area contributed by atoms with Crippen molar-refractivity contribution in [1.82, 2.24) is 4.90 Å². The van der Waals surface area contributed by atoms with Crippen LogP contribution in [0.4, 0.5) is 0 Å². The van der Waals surface area contributed by atoms with Crippen molar-refractivity contribution in [3.63, 3.8) is 0 Å². The Balaban J connectivity index is 4.17. The molecule has 4 nitrogen and oxygen atoms in total. The van der Waals surface area contributed by atoms with E-state index in [4.69, 9.17) is 5.11 Å². The lowest BCUT2D eigenvalue weighted by molar-refractivity contribution is 0.0905. The van der Waals surface area contributed by atoms with Crippen molar-refractivity contribution in [1.29, 1.82) is 0 Å². The Morgan fingerprint density at radius 3 is 1.68 bits per heavy atom. The first-order valence-corrected chi connectivity index (χ1v) is 8.66. The molecule has 22 heavy (non-hydrogen) atoms. The van der Waals surface area contributed by atoms with Crippen LogP contribution < -0.4 is 0 Å². The van der Waals surface area contributed by atoms with E-state index in [1.807, 2.05) is 29.2 Å². The third-order valence-corrected chi connectivity index (χ3v) is 3.47. The summed E-state index contributed by atoms with van der Waals surface area (Å²) < 4.78 is 0. The van der Waals surface area contributed by atoms with E-state index in [0.717, 1.165) is 38.5 Å². The van der Waals surface area contributed by atoms with Crippen LogP contribution in [0.25, 0.3) is 0 Å². The van der Waals surface area contributed by atoms with E-state index in [1.54, 1.807) is 0 Å². The molecule has 0 aromatic rings. The Morgan fingerprint density at radius 1 is 0.864 bits per heavy atom. The number of allylic oxidation sites excluding steroid dienone is 2. The highest BCUT2D eigenvalue weighted by Gasteiger charge is 2.12. The molecule has 0 aromatic heterocycles. The van der Waals surface area contributed by atoms with Crippen LogP contribution in [-0.2, 0) is 0 Å². The van der Waals surface area contributed by atoms with Crippen molar-refractivity contribution >= 4 is 0 Å². The molecular weight excluding hydrogens is 278 g/mol. The standard InChI is InChI=1S/C18H35NO3/c1-3-5-7-9-11-17(21)15-19(13-14-20)16-18(22)12-10-8-6-4-2/h9-12,17-18,20-22H,3-8,13-16H2,1-2H3/b11-9-,12-10+. The number of unbranched alkanes of at least 4 members (excludes halogenated alkanes) is 4. The maximum atomic E-state index is 9.99. The Kier molecular flexibility index (Phi) is 14.8. The van der Waals surface area contributed by atoms with E-state index >= 15 is 0 Å². The SMILES string of the molecule is CCCC/C=C\C(O)CN(CCO)CC(O)/C=C/CCCC. The molecule has 0 aliphatic carbocycles. The van der Waals surface area contributed by atoms with Gasteiger partial charge in [-0.3, -0.25) is 4.90 Å². The normalized spacial score (nSPS) is 15.2. The summed E-state index contributed by atoms with van der Waals surface area (Å²) in [6.07, 6.45) is 13.0. The van der Waals surface area contributed by atoms with Gasteiger partial charge in [-0.15, -0.1) is 0 Å². The van der Waals surface area contributed by atoms with E-state index in [2.05, 4.69) is 13.8 Å². The van der Waals surface area contributed by atoms with Crippen LogP contribution >= 0.6 is 0 Å². The summed E-state index contributed by atoms with van der Waals surface area (Å²) in [7, 11) is 0. The molecule has 3 N–H and O–H groups in total. The summed E-state index contributed by atoms with van der Waals surface area (Å²) in [5.74, 6) is 0. The van der Waals surface area contributed by atoms with Crippen molar-refractivity contribution in [3.8, 4) is 0 Å². The molecule has 130 valence electrons. The summed E-state index contributed by atoms with van der Waals surface area (Å²) in [6.45, 7) is 5.63. The minimum Gasteiger partial charge on any atom is -0.395 e. The van der Waals surface area contributed by atoms with Crippen LogP contribution in [0.5, 0.6) is 0 Å². The minimum atomic E-state index is -0.556. The van der Waals surface area contributed by atoms with Gasteiger partial charge < -0.3 is 15.3 Å². The fourth-order valence-electron chi connectivity index (χ4n) is 2.20. The molecule has 0 rings (SSSR count). The molecule has 0 aromatic carbocycles. The molecule has 0 radical (unpaired) electrons. The molecular formula is C18H35NO3. The van der Waals surface area contributed by atoms with E-state index in [9.17, 15) is 10.2 Å². The molecule has 2 atom stereocenters. The van der Waals surface area contributed by atoms with Gasteiger partial charge in [-0.25, -0.2) is 0 Å². The highest BCUT2D eigenvalue weighted by Crippen LogP contribution is 2.02. The van der Waals surface area contributed by atoms with E-state index in [-0.39, 0.29) is 6.61 Å². The van der Waals surface area contributed by atoms with Crippen LogP contribution in [0.1, 0.15) is 52.4 Å². The summed E-state index contributed by atoms with van der Waals surface area (Å²) in [6, 6.07) is 0. The summed E-state index contributed by atoms with van der Waals surface area (Å²) >= 11 is 0. The Morgan fingerprint density at radius 2 is 1.32 bits per heavy atom. The fraction of sp³-hybridized carbons (Fsp3) is 0.778. The third-order valence-electron chi connectivity index (χ3n) is 3.47. The van der Waals surface area contributed by atoms with Crippen molar-refractivity contribution in [3.05, 3.63) is 24.3 Å². The third kappa shape index (κ3) is 13.0. The Hall–Kier alpha value is -0.680. The monoisotopic (exact) mass is 313 g/mol. The van der Waals surface area contributed by atoms with Gasteiger partial charge in [0.1, 0.15) is 0 Å². The molecule has 0 saturated heterocycles. The largest absolute Gasteiger partial charge is 0.395 e. The quantitative estimate of drug-likeness (QED) is 0.340. The molecule has 0 heterocycles. The minimum absolute atomic E-state index is 0.0263. The first-order chi connectivity index (χ1) is 10.6. The molecule has 0 aliphatic heterocycles. The maximum absolute atomic E-state index is 9.99. The molecule has 0 amide bonds. The Bertz CT molecular complexity index is 266. The van der Waals surface area contributed by atoms with Crippen molar-refractivity contribution in [2.45, 2.75) is 64.6 Å². The number of hydrogen-bond donors (Lipinski definition) is 3. The van der Waals surface area contributed by atoms with Crippen LogP contribution in [0, 0.1) is 0 Å². The first kappa shape index (κ1) is 21.3. The van der Waals surface area contributed by atoms with E-state index in [0.29, 0.717) is 19.6 Å². The molecule has 0 spiro atoms. The zero-order valence-electron chi connectivity index (χ0n) is 14.3. The van der Waals surface area contributed by atoms with Crippen molar-refractivity contribution in [2.75, 3.05) is 26.2 Å². The first-order valence-electron chi connectivity index (χ1n) is 8.66. The zero-order valence-corrected chi connectivity index (χ0v) is 14.3. The average Bonchev–Trinajstić information content (AvgIpc) is 2.48. The molecule has 0 aliphatic rings. The molecule has 0 saturated carbocycles. The van der Waals surface area contributed by atoms with Crippen molar-refractivity contribution < 1.29 is 15.3 Å². The lowest BCUT2D eigenvalue weighted by Crippen LogP contribution is -2.38. The molecule has 2 unspecified atom stereocenters. The smallest absolute Gasteiger partial charge is 0.0847 e. The van der Waals surface area contributed by atoms with Gasteiger partial charge in [0, 0.05) is 19.6 Å². The highest BCUT2D eigenvalue weighted by atomic mass is 16.3. The maximum Gasteiger partial charge on any atom is 0.0847 e. The fourth-order valence-corrected chi connectivity index (χ4v) is 2.20. The number of aliphatic hydroxyl groups excluding tert-OH is 3. The lowest BCUT2D eigenvalue weighted by Gasteiger charge is -2.24. The molecule has 0 fully saturated rings. The molecule has 4 heteroatoms. The number of aliphatic hydroxyl groups is 3. The van der Waals surface area contributed by atoms with Gasteiger partial charge in [0.25, 0.3) is 0 Å². The van der Waals surface area contributed by atoms with Gasteiger partial charge in [0.2, 0.25) is 0 Å². The van der Waals surface area contributed by atoms with Crippen LogP contribution in [-0.4, -0.2) is 58.7 Å². The lowest BCUT2D eigenvalue weighted by atomic mass is 10.2. The van der Waals surface area contributed by atoms with Gasteiger partial charge >= 0.3 is 0 Å². The summed E-state index contributed by atoms with van der Waals surface area (Å²) in [5, 5.41) is 29.1. The Labute approximate surface area is 136 Å². The second-order valence-corrected chi connectivity index (χ2v) is 5.76. The van der Waals surface area contributed by atoms with E-state index < -0.39 is 12.2 Å². The predicted octanol–water partition coefficient (Wildman–Crippen LogP) is 2.50. The van der Waals surface area contributed by atoms with Gasteiger partial charge in [-0.1, -0.05) is 63.8 Å². The zero-order chi connectivity index (χ0) is 16.6. The number of nitrogens with zero attached hydrogens (tertiary/aromatic N) is 1. The summed E-state index contributed by atoms with van der Waals surface area (Å²) in [5.41, 5.74) is 0. The van der Waals surface area contributed by atoms with E-state index in [1.165, 1.54) is 0 Å². The average molecular weight is 313 g/mol. The van der Waals surface area contributed by atoms with Gasteiger partial charge in [0.15, 0.2) is 0 Å². The number of hydrogen-bond acceptors (Lipinski definition) is 4. The predicted molar refractivity (Wildman–Crippen MR) is 92.9 cm³/mol. The summed E-state index contributed by atoms with van der Waals surface area (Å²) in [4.78, 5) is 1.89. The van der Waals surface area contributed by atoms with Gasteiger partial charge in [-0.2, -0.15) is 0 Å². The van der Waals surface area contributed by atoms with Gasteiger partial charge in [-0.05, 0) is 12.8 Å². The second kappa shape index (κ2) is 15.2. The van der Waals surface area contributed by atoms with Crippen LogP contribution in [0.2, 0.25) is 0 Å². The highest BCUT2D eigenvalue weighted by molar-refractivity contribution is 4.93. The molecule has 0 bridgehead atoms. The van der Waals surface area contributed by atoms with Crippen molar-refractivity contribution in [2.24, 2.45) is 0 Å². The van der Waals surface area contributed by atoms with Gasteiger partial charge in [0.05, 0.1) is 18.8 Å². The second-order valence-electron chi connectivity index (χ2n) is 5.76. The topological polar surface area (TPSA) is 63.9 Å².